The molecule has 1 aliphatic heterocycles. The zero-order valence-corrected chi connectivity index (χ0v) is 11.0. The second kappa shape index (κ2) is 6.39. The van der Waals surface area contributed by atoms with Crippen molar-refractivity contribution in [2.45, 2.75) is 38.3 Å². The van der Waals surface area contributed by atoms with Crippen LogP contribution in [0.15, 0.2) is 24.3 Å². The Balaban J connectivity index is 1.96. The highest BCUT2D eigenvalue weighted by molar-refractivity contribution is 6.31. The summed E-state index contributed by atoms with van der Waals surface area (Å²) in [5.41, 5.74) is 1.18. The lowest BCUT2D eigenvalue weighted by Gasteiger charge is -2.22. The van der Waals surface area contributed by atoms with Crippen LogP contribution in [0.5, 0.6) is 0 Å². The van der Waals surface area contributed by atoms with Gasteiger partial charge in [-0.15, -0.1) is 0 Å². The van der Waals surface area contributed by atoms with Gasteiger partial charge in [-0.25, -0.2) is 0 Å². The van der Waals surface area contributed by atoms with Crippen molar-refractivity contribution in [1.29, 1.82) is 0 Å². The third-order valence-electron chi connectivity index (χ3n) is 3.31. The Morgan fingerprint density at radius 3 is 2.94 bits per heavy atom. The van der Waals surface area contributed by atoms with Crippen molar-refractivity contribution < 1.29 is 4.74 Å². The average Bonchev–Trinajstić information content (AvgIpc) is 2.58. The molecule has 0 aromatic heterocycles. The predicted octanol–water partition coefficient (Wildman–Crippen LogP) is 3.56. The topological polar surface area (TPSA) is 21.3 Å². The molecule has 94 valence electrons. The van der Waals surface area contributed by atoms with Crippen LogP contribution in [-0.2, 0) is 4.74 Å². The Labute approximate surface area is 108 Å². The number of hydrogen-bond donors (Lipinski definition) is 1. The van der Waals surface area contributed by atoms with Crippen molar-refractivity contribution in [2.24, 2.45) is 0 Å². The van der Waals surface area contributed by atoms with Gasteiger partial charge in [-0.2, -0.15) is 0 Å². The van der Waals surface area contributed by atoms with E-state index in [2.05, 4.69) is 18.3 Å². The minimum absolute atomic E-state index is 0.298. The van der Waals surface area contributed by atoms with Gasteiger partial charge in [0.25, 0.3) is 0 Å². The van der Waals surface area contributed by atoms with E-state index in [1.807, 2.05) is 18.2 Å². The fourth-order valence-corrected chi connectivity index (χ4v) is 2.64. The third kappa shape index (κ3) is 3.70. The lowest BCUT2D eigenvalue weighted by atomic mass is 10.0. The Kier molecular flexibility index (Phi) is 4.84. The maximum Gasteiger partial charge on any atom is 0.0480 e. The van der Waals surface area contributed by atoms with E-state index in [4.69, 9.17) is 16.3 Å². The van der Waals surface area contributed by atoms with E-state index in [-0.39, 0.29) is 0 Å². The van der Waals surface area contributed by atoms with Gasteiger partial charge in [0.2, 0.25) is 0 Å². The summed E-state index contributed by atoms with van der Waals surface area (Å²) in [6.45, 7) is 3.94. The summed E-state index contributed by atoms with van der Waals surface area (Å²) in [6, 6.07) is 8.89. The number of hydrogen-bond acceptors (Lipinski definition) is 2. The molecule has 1 N–H and O–H groups in total. The van der Waals surface area contributed by atoms with Crippen LogP contribution in [0.3, 0.4) is 0 Å². The third-order valence-corrected chi connectivity index (χ3v) is 3.65. The fourth-order valence-electron chi connectivity index (χ4n) is 2.34. The van der Waals surface area contributed by atoms with E-state index in [1.165, 1.54) is 12.0 Å². The van der Waals surface area contributed by atoms with E-state index in [1.54, 1.807) is 0 Å². The van der Waals surface area contributed by atoms with Crippen molar-refractivity contribution in [1.82, 2.24) is 5.32 Å². The number of halogens is 1. The van der Waals surface area contributed by atoms with Crippen molar-refractivity contribution >= 4 is 11.6 Å². The first-order valence-corrected chi connectivity index (χ1v) is 6.73. The molecule has 2 unspecified atom stereocenters. The van der Waals surface area contributed by atoms with Crippen LogP contribution >= 0.6 is 11.6 Å². The molecule has 0 amide bonds. The molecule has 1 heterocycles. The molecule has 2 rings (SSSR count). The summed E-state index contributed by atoms with van der Waals surface area (Å²) in [4.78, 5) is 0. The molecule has 2 nitrogen and oxygen atoms in total. The summed E-state index contributed by atoms with van der Waals surface area (Å²) in [7, 11) is 0. The van der Waals surface area contributed by atoms with E-state index < -0.39 is 0 Å². The van der Waals surface area contributed by atoms with Crippen LogP contribution in [0.1, 0.15) is 37.8 Å². The summed E-state index contributed by atoms with van der Waals surface area (Å²) in [5.74, 6) is 0. The van der Waals surface area contributed by atoms with E-state index in [9.17, 15) is 0 Å². The summed E-state index contributed by atoms with van der Waals surface area (Å²) in [5, 5.41) is 4.50. The predicted molar refractivity (Wildman–Crippen MR) is 71.5 cm³/mol. The second-order valence-corrected chi connectivity index (χ2v) is 5.06. The minimum atomic E-state index is 0.298. The molecule has 3 heteroatoms. The van der Waals surface area contributed by atoms with E-state index in [0.717, 1.165) is 31.1 Å². The molecule has 1 saturated heterocycles. The largest absolute Gasteiger partial charge is 0.381 e. The van der Waals surface area contributed by atoms with Crippen LogP contribution in [0.25, 0.3) is 0 Å². The Bertz CT molecular complexity index is 348. The quantitative estimate of drug-likeness (QED) is 0.889. The molecule has 17 heavy (non-hydrogen) atoms. The molecule has 0 aliphatic carbocycles. The smallest absolute Gasteiger partial charge is 0.0480 e. The van der Waals surface area contributed by atoms with Gasteiger partial charge in [-0.1, -0.05) is 29.8 Å². The van der Waals surface area contributed by atoms with Crippen LogP contribution in [0.2, 0.25) is 5.02 Å². The zero-order valence-electron chi connectivity index (χ0n) is 10.3. The SMILES string of the molecule is CC(NC1CCCOCC1)c1ccccc1Cl. The first-order valence-electron chi connectivity index (χ1n) is 6.35. The Hall–Kier alpha value is -0.570. The molecule has 1 fully saturated rings. The number of nitrogens with one attached hydrogen (secondary N) is 1. The Morgan fingerprint density at radius 1 is 1.29 bits per heavy atom. The normalized spacial score (nSPS) is 23.1. The maximum atomic E-state index is 6.20. The van der Waals surface area contributed by atoms with Crippen molar-refractivity contribution in [3.63, 3.8) is 0 Å². The monoisotopic (exact) mass is 253 g/mol. The van der Waals surface area contributed by atoms with Crippen molar-refractivity contribution in [2.75, 3.05) is 13.2 Å². The van der Waals surface area contributed by atoms with Gasteiger partial charge < -0.3 is 10.1 Å². The summed E-state index contributed by atoms with van der Waals surface area (Å²) >= 11 is 6.20. The van der Waals surface area contributed by atoms with Gasteiger partial charge in [-0.3, -0.25) is 0 Å². The van der Waals surface area contributed by atoms with Gasteiger partial charge in [0, 0.05) is 30.3 Å². The van der Waals surface area contributed by atoms with Crippen molar-refractivity contribution in [3.8, 4) is 0 Å². The average molecular weight is 254 g/mol. The zero-order chi connectivity index (χ0) is 12.1. The van der Waals surface area contributed by atoms with Crippen LogP contribution < -0.4 is 5.32 Å². The fraction of sp³-hybridized carbons (Fsp3) is 0.571. The molecular formula is C14H20ClNO. The molecule has 0 spiro atoms. The molecule has 2 atom stereocenters. The lowest BCUT2D eigenvalue weighted by molar-refractivity contribution is 0.142. The second-order valence-electron chi connectivity index (χ2n) is 4.65. The van der Waals surface area contributed by atoms with E-state index in [0.29, 0.717) is 12.1 Å². The first kappa shape index (κ1) is 12.9. The van der Waals surface area contributed by atoms with Gasteiger partial charge in [0.1, 0.15) is 0 Å². The number of benzene rings is 1. The van der Waals surface area contributed by atoms with Gasteiger partial charge in [0.05, 0.1) is 0 Å². The molecule has 1 aromatic carbocycles. The molecule has 1 aromatic rings. The Morgan fingerprint density at radius 2 is 2.12 bits per heavy atom. The number of ether oxygens (including phenoxy) is 1. The molecular weight excluding hydrogens is 234 g/mol. The minimum Gasteiger partial charge on any atom is -0.381 e. The number of rotatable bonds is 3. The lowest BCUT2D eigenvalue weighted by Crippen LogP contribution is -2.31. The standard InChI is InChI=1S/C14H20ClNO/c1-11(13-6-2-3-7-14(13)15)16-12-5-4-9-17-10-8-12/h2-3,6-7,11-12,16H,4-5,8-10H2,1H3. The molecule has 1 aliphatic rings. The van der Waals surface area contributed by atoms with Gasteiger partial charge in [0.15, 0.2) is 0 Å². The van der Waals surface area contributed by atoms with E-state index >= 15 is 0 Å². The summed E-state index contributed by atoms with van der Waals surface area (Å²) < 4.78 is 5.47. The molecule has 0 radical (unpaired) electrons. The highest BCUT2D eigenvalue weighted by Gasteiger charge is 2.16. The molecule has 0 bridgehead atoms. The van der Waals surface area contributed by atoms with Gasteiger partial charge >= 0.3 is 0 Å². The van der Waals surface area contributed by atoms with Crippen LogP contribution in [0.4, 0.5) is 0 Å². The molecule has 0 saturated carbocycles. The highest BCUT2D eigenvalue weighted by Crippen LogP contribution is 2.23. The first-order chi connectivity index (χ1) is 8.27. The summed E-state index contributed by atoms with van der Waals surface area (Å²) in [6.07, 6.45) is 3.43. The van der Waals surface area contributed by atoms with Crippen molar-refractivity contribution in [3.05, 3.63) is 34.9 Å². The highest BCUT2D eigenvalue weighted by atomic mass is 35.5. The van der Waals surface area contributed by atoms with Crippen LogP contribution in [-0.4, -0.2) is 19.3 Å². The maximum absolute atomic E-state index is 6.20. The van der Waals surface area contributed by atoms with Crippen LogP contribution in [0, 0.1) is 0 Å². The van der Waals surface area contributed by atoms with Gasteiger partial charge in [-0.05, 0) is 37.8 Å².